The summed E-state index contributed by atoms with van der Waals surface area (Å²) in [5.41, 5.74) is 14.1. The van der Waals surface area contributed by atoms with E-state index in [4.69, 9.17) is 8.83 Å². The number of para-hydroxylation sites is 2. The summed E-state index contributed by atoms with van der Waals surface area (Å²) >= 11 is 0. The molecule has 0 N–H and O–H groups in total. The van der Waals surface area contributed by atoms with Crippen LogP contribution in [0.2, 0.25) is 0 Å². The van der Waals surface area contributed by atoms with E-state index in [0.717, 1.165) is 133 Å². The Morgan fingerprint density at radius 3 is 1.23 bits per heavy atom. The molecule has 4 nitrogen and oxygen atoms in total. The van der Waals surface area contributed by atoms with Crippen LogP contribution in [0.5, 0.6) is 0 Å². The summed E-state index contributed by atoms with van der Waals surface area (Å²) in [6.45, 7) is 0. The molecule has 70 heavy (non-hydrogen) atoms. The predicted octanol–water partition coefficient (Wildman–Crippen LogP) is 19.2. The molecule has 0 radical (unpaired) electrons. The quantitative estimate of drug-likeness (QED) is 0.152. The molecule has 12 aromatic carbocycles. The van der Waals surface area contributed by atoms with Crippen LogP contribution in [0.4, 0.5) is 34.1 Å². The van der Waals surface area contributed by atoms with Crippen LogP contribution in [0.15, 0.2) is 264 Å². The first-order valence-corrected chi connectivity index (χ1v) is 23.8. The van der Waals surface area contributed by atoms with E-state index < -0.39 is 0 Å². The van der Waals surface area contributed by atoms with Gasteiger partial charge in [0.05, 0.1) is 44.9 Å². The average Bonchev–Trinajstić information content (AvgIpc) is 4.01. The van der Waals surface area contributed by atoms with Crippen LogP contribution in [0, 0.1) is 0 Å². The molecule has 0 saturated heterocycles. The maximum Gasteiger partial charge on any atom is 0.137 e. The Balaban J connectivity index is 1.17. The lowest BCUT2D eigenvalue weighted by Crippen LogP contribution is -2.14. The summed E-state index contributed by atoms with van der Waals surface area (Å²) in [7, 11) is 0. The molecule has 0 aliphatic carbocycles. The molecule has 14 rings (SSSR count). The topological polar surface area (TPSA) is 32.8 Å². The van der Waals surface area contributed by atoms with Gasteiger partial charge in [0.2, 0.25) is 0 Å². The molecule has 0 fully saturated rings. The van der Waals surface area contributed by atoms with Gasteiger partial charge in [-0.25, -0.2) is 0 Å². The zero-order valence-electron chi connectivity index (χ0n) is 38.0. The molecule has 0 aliphatic rings. The minimum absolute atomic E-state index is 0.835. The lowest BCUT2D eigenvalue weighted by atomic mass is 9.92. The highest BCUT2D eigenvalue weighted by molar-refractivity contribution is 6.19. The largest absolute Gasteiger partial charge is 0.456 e. The summed E-state index contributed by atoms with van der Waals surface area (Å²) in [5, 5.41) is 11.0. The lowest BCUT2D eigenvalue weighted by Gasteiger charge is -2.32. The fraction of sp³-hybridized carbons (Fsp3) is 0. The summed E-state index contributed by atoms with van der Waals surface area (Å²) in [5.74, 6) is 0. The minimum atomic E-state index is 0.835. The molecular formula is C66H42N2O2. The Morgan fingerprint density at radius 1 is 0.229 bits per heavy atom. The van der Waals surface area contributed by atoms with Gasteiger partial charge in [-0.1, -0.05) is 182 Å². The molecule has 0 unspecified atom stereocenters. The van der Waals surface area contributed by atoms with E-state index in [1.54, 1.807) is 0 Å². The summed E-state index contributed by atoms with van der Waals surface area (Å²) in [6, 6.07) is 91.6. The Bertz CT molecular complexity index is 4310. The third-order valence-electron chi connectivity index (χ3n) is 14.0. The van der Waals surface area contributed by atoms with Crippen LogP contribution < -0.4 is 9.80 Å². The van der Waals surface area contributed by atoms with Crippen molar-refractivity contribution in [3.05, 3.63) is 255 Å². The van der Waals surface area contributed by atoms with E-state index in [2.05, 4.69) is 252 Å². The van der Waals surface area contributed by atoms with Gasteiger partial charge in [-0.15, -0.1) is 0 Å². The van der Waals surface area contributed by atoms with Gasteiger partial charge in [-0.2, -0.15) is 0 Å². The Morgan fingerprint density at radius 2 is 0.657 bits per heavy atom. The van der Waals surface area contributed by atoms with Gasteiger partial charge in [0.1, 0.15) is 22.3 Å². The van der Waals surface area contributed by atoms with E-state index in [9.17, 15) is 0 Å². The van der Waals surface area contributed by atoms with E-state index in [1.165, 1.54) is 0 Å². The zero-order chi connectivity index (χ0) is 46.1. The first-order chi connectivity index (χ1) is 34.7. The van der Waals surface area contributed by atoms with E-state index in [-0.39, 0.29) is 0 Å². The van der Waals surface area contributed by atoms with Gasteiger partial charge in [-0.05, 0) is 106 Å². The van der Waals surface area contributed by atoms with Crippen molar-refractivity contribution >= 4 is 110 Å². The number of hydrogen-bond donors (Lipinski definition) is 0. The molecule has 0 atom stereocenters. The molecule has 0 amide bonds. The van der Waals surface area contributed by atoms with Crippen molar-refractivity contribution in [1.29, 1.82) is 0 Å². The van der Waals surface area contributed by atoms with Crippen molar-refractivity contribution in [3.8, 4) is 22.3 Å². The molecule has 328 valence electrons. The van der Waals surface area contributed by atoms with Crippen molar-refractivity contribution in [2.45, 2.75) is 0 Å². The molecule has 2 heterocycles. The first-order valence-electron chi connectivity index (χ1n) is 23.8. The second kappa shape index (κ2) is 16.2. The summed E-state index contributed by atoms with van der Waals surface area (Å²) in [4.78, 5) is 4.97. The lowest BCUT2D eigenvalue weighted by molar-refractivity contribution is 0.668. The Labute approximate surface area is 404 Å². The van der Waals surface area contributed by atoms with Crippen molar-refractivity contribution in [1.82, 2.24) is 0 Å². The molecule has 4 heteroatoms. The molecule has 0 bridgehead atoms. The van der Waals surface area contributed by atoms with Crippen LogP contribution >= 0.6 is 0 Å². The van der Waals surface area contributed by atoms with Gasteiger partial charge in [-0.3, -0.25) is 0 Å². The second-order valence-corrected chi connectivity index (χ2v) is 18.0. The summed E-state index contributed by atoms with van der Waals surface area (Å²) < 4.78 is 13.3. The highest BCUT2D eigenvalue weighted by atomic mass is 16.3. The van der Waals surface area contributed by atoms with Crippen molar-refractivity contribution in [3.63, 3.8) is 0 Å². The molecule has 0 saturated carbocycles. The number of anilines is 6. The summed E-state index contributed by atoms with van der Waals surface area (Å²) in [6.07, 6.45) is 0. The van der Waals surface area contributed by atoms with Crippen molar-refractivity contribution in [2.75, 3.05) is 9.80 Å². The maximum absolute atomic E-state index is 6.65. The number of rotatable bonds is 8. The third-order valence-corrected chi connectivity index (χ3v) is 14.0. The van der Waals surface area contributed by atoms with Gasteiger partial charge < -0.3 is 18.6 Å². The molecular weight excluding hydrogens is 853 g/mol. The minimum Gasteiger partial charge on any atom is -0.456 e. The second-order valence-electron chi connectivity index (χ2n) is 18.0. The number of fused-ring (bicyclic) bond motifs is 9. The zero-order valence-corrected chi connectivity index (χ0v) is 38.0. The highest BCUT2D eigenvalue weighted by Crippen LogP contribution is 2.53. The standard InChI is InChI=1S/C66H42N2O2/c1-3-19-43(20-4-1)47-39-48-40-53(46-21-5-2-6-22-46)60(68(56-32-16-26-45-24-8-10-28-50(45)56)58-34-18-38-64-66(58)52-30-12-14-36-62(52)70-64)42-54(48)59(41-47)67(55-31-15-25-44-23-7-9-27-49(44)55)57-33-17-37-63-65(57)51-29-11-13-35-61(51)69-63/h1-42H. The van der Waals surface area contributed by atoms with Gasteiger partial charge in [0.25, 0.3) is 0 Å². The fourth-order valence-electron chi connectivity index (χ4n) is 10.9. The monoisotopic (exact) mass is 894 g/mol. The molecule has 0 spiro atoms. The fourth-order valence-corrected chi connectivity index (χ4v) is 10.9. The van der Waals surface area contributed by atoms with E-state index in [0.29, 0.717) is 0 Å². The molecule has 2 aromatic heterocycles. The average molecular weight is 895 g/mol. The number of nitrogens with zero attached hydrogens (tertiary/aromatic N) is 2. The van der Waals surface area contributed by atoms with Crippen LogP contribution in [0.1, 0.15) is 0 Å². The van der Waals surface area contributed by atoms with Gasteiger partial charge in [0.15, 0.2) is 0 Å². The van der Waals surface area contributed by atoms with Gasteiger partial charge in [0, 0.05) is 32.5 Å². The molecule has 14 aromatic rings. The normalized spacial score (nSPS) is 11.7. The van der Waals surface area contributed by atoms with Crippen LogP contribution in [-0.4, -0.2) is 0 Å². The first kappa shape index (κ1) is 39.8. The Hall–Kier alpha value is -9.38. The van der Waals surface area contributed by atoms with Gasteiger partial charge >= 0.3 is 0 Å². The van der Waals surface area contributed by atoms with Crippen LogP contribution in [-0.2, 0) is 0 Å². The van der Waals surface area contributed by atoms with Crippen molar-refractivity contribution < 1.29 is 8.83 Å². The number of furan rings is 2. The number of benzene rings is 12. The van der Waals surface area contributed by atoms with Crippen molar-refractivity contribution in [2.24, 2.45) is 0 Å². The predicted molar refractivity (Wildman–Crippen MR) is 294 cm³/mol. The Kier molecular flexibility index (Phi) is 9.17. The highest BCUT2D eigenvalue weighted by Gasteiger charge is 2.28. The smallest absolute Gasteiger partial charge is 0.137 e. The number of hydrogen-bond acceptors (Lipinski definition) is 4. The van der Waals surface area contributed by atoms with Crippen LogP contribution in [0.3, 0.4) is 0 Å². The maximum atomic E-state index is 6.65. The van der Waals surface area contributed by atoms with E-state index >= 15 is 0 Å². The van der Waals surface area contributed by atoms with E-state index in [1.807, 2.05) is 12.1 Å². The third kappa shape index (κ3) is 6.38. The molecule has 0 aliphatic heterocycles. The van der Waals surface area contributed by atoms with Crippen LogP contribution in [0.25, 0.3) is 98.4 Å². The SMILES string of the molecule is c1ccc(-c2cc(N(c3cccc4ccccc34)c3cccc4oc5ccccc5c34)c3cc(N(c4cccc5ccccc45)c4cccc5oc6ccccc6c45)c(-c4ccccc4)cc3c2)cc1.